The molecule has 0 fully saturated rings. The Hall–Kier alpha value is -1.76. The number of nitrogens with two attached hydrogens (primary N) is 1. The maximum absolute atomic E-state index is 12.2. The fraction of sp³-hybridized carbons (Fsp3) is 0.417. The van der Waals surface area contributed by atoms with Gasteiger partial charge in [0.2, 0.25) is 0 Å². The molecule has 4 N–H and O–H groups in total. The molecule has 0 saturated carbocycles. The van der Waals surface area contributed by atoms with Gasteiger partial charge in [-0.3, -0.25) is 10.6 Å². The number of carbonyl (C=O) groups excluding carboxylic acids is 1. The number of nitrogen functional groups attached to an aromatic ring is 1. The lowest BCUT2D eigenvalue weighted by Crippen LogP contribution is -2.36. The summed E-state index contributed by atoms with van der Waals surface area (Å²) >= 11 is 0. The van der Waals surface area contributed by atoms with Gasteiger partial charge in [-0.1, -0.05) is 11.6 Å². The molecule has 0 heterocycles. The second kappa shape index (κ2) is 5.92. The number of rotatable bonds is 4. The number of benzene rings is 1. The van der Waals surface area contributed by atoms with Gasteiger partial charge >= 0.3 is 6.18 Å². The third kappa shape index (κ3) is 4.78. The maximum Gasteiger partial charge on any atom is 0.391 e. The molecule has 1 amide bonds. The summed E-state index contributed by atoms with van der Waals surface area (Å²) < 4.78 is 36.6. The average Bonchev–Trinajstić information content (AvgIpc) is 2.26. The standard InChI is InChI=1S/C12H16F3N3O/c1-7-3-4-10(18-16)9(5-7)11(19)17-8(2)6-12(13,14)15/h3-5,8,18H,6,16H2,1-2H3,(H,17,19). The van der Waals surface area contributed by atoms with E-state index in [2.05, 4.69) is 10.7 Å². The first-order valence-corrected chi connectivity index (χ1v) is 5.68. The molecule has 4 nitrogen and oxygen atoms in total. The Bertz CT molecular complexity index is 460. The summed E-state index contributed by atoms with van der Waals surface area (Å²) in [5, 5.41) is 2.30. The average molecular weight is 275 g/mol. The molecule has 0 bridgehead atoms. The van der Waals surface area contributed by atoms with Crippen LogP contribution in [-0.4, -0.2) is 18.1 Å². The van der Waals surface area contributed by atoms with Gasteiger partial charge in [0.15, 0.2) is 0 Å². The third-order valence-electron chi connectivity index (χ3n) is 2.49. The van der Waals surface area contributed by atoms with E-state index in [-0.39, 0.29) is 5.56 Å². The summed E-state index contributed by atoms with van der Waals surface area (Å²) in [6, 6.07) is 3.90. The molecule has 1 aromatic carbocycles. The van der Waals surface area contributed by atoms with Crippen LogP contribution in [0.3, 0.4) is 0 Å². The second-order valence-corrected chi connectivity index (χ2v) is 4.39. The zero-order chi connectivity index (χ0) is 14.6. The zero-order valence-electron chi connectivity index (χ0n) is 10.6. The highest BCUT2D eigenvalue weighted by Gasteiger charge is 2.30. The van der Waals surface area contributed by atoms with E-state index in [0.29, 0.717) is 5.69 Å². The Morgan fingerprint density at radius 2 is 2.05 bits per heavy atom. The first-order chi connectivity index (χ1) is 8.73. The second-order valence-electron chi connectivity index (χ2n) is 4.39. The van der Waals surface area contributed by atoms with Crippen molar-refractivity contribution in [3.8, 4) is 0 Å². The van der Waals surface area contributed by atoms with Crippen molar-refractivity contribution in [1.82, 2.24) is 5.32 Å². The Labute approximate surface area is 109 Å². The van der Waals surface area contributed by atoms with Crippen LogP contribution in [0.15, 0.2) is 18.2 Å². The van der Waals surface area contributed by atoms with E-state index in [4.69, 9.17) is 5.84 Å². The molecule has 7 heteroatoms. The third-order valence-corrected chi connectivity index (χ3v) is 2.49. The zero-order valence-corrected chi connectivity index (χ0v) is 10.6. The van der Waals surface area contributed by atoms with Crippen molar-refractivity contribution < 1.29 is 18.0 Å². The number of alkyl halides is 3. The Kier molecular flexibility index (Phi) is 4.77. The van der Waals surface area contributed by atoms with Crippen LogP contribution >= 0.6 is 0 Å². The summed E-state index contributed by atoms with van der Waals surface area (Å²) in [7, 11) is 0. The number of hydrazine groups is 1. The maximum atomic E-state index is 12.2. The smallest absolute Gasteiger partial charge is 0.349 e. The minimum absolute atomic E-state index is 0.219. The number of anilines is 1. The van der Waals surface area contributed by atoms with Crippen LogP contribution in [0.5, 0.6) is 0 Å². The van der Waals surface area contributed by atoms with Gasteiger partial charge in [-0.15, -0.1) is 0 Å². The van der Waals surface area contributed by atoms with E-state index in [1.54, 1.807) is 25.1 Å². The number of amides is 1. The van der Waals surface area contributed by atoms with Gasteiger partial charge in [-0.25, -0.2) is 0 Å². The number of aryl methyl sites for hydroxylation is 1. The lowest BCUT2D eigenvalue weighted by molar-refractivity contribution is -0.138. The summed E-state index contributed by atoms with van der Waals surface area (Å²) in [6.45, 7) is 3.08. The normalized spacial score (nSPS) is 12.9. The van der Waals surface area contributed by atoms with Crippen LogP contribution in [0.1, 0.15) is 29.3 Å². The lowest BCUT2D eigenvalue weighted by Gasteiger charge is -2.17. The highest BCUT2D eigenvalue weighted by atomic mass is 19.4. The van der Waals surface area contributed by atoms with Gasteiger partial charge in [0, 0.05) is 6.04 Å². The number of hydrogen-bond acceptors (Lipinski definition) is 3. The predicted molar refractivity (Wildman–Crippen MR) is 66.6 cm³/mol. The van der Waals surface area contributed by atoms with Crippen LogP contribution in [0.2, 0.25) is 0 Å². The van der Waals surface area contributed by atoms with E-state index in [0.717, 1.165) is 5.56 Å². The van der Waals surface area contributed by atoms with Crippen LogP contribution in [0, 0.1) is 6.92 Å². The molecule has 0 radical (unpaired) electrons. The molecule has 0 saturated heterocycles. The number of carbonyl (C=O) groups is 1. The number of nitrogens with one attached hydrogen (secondary N) is 2. The molecule has 1 aromatic rings. The molecule has 0 aliphatic rings. The molecule has 0 spiro atoms. The largest absolute Gasteiger partial charge is 0.391 e. The Morgan fingerprint density at radius 1 is 1.42 bits per heavy atom. The van der Waals surface area contributed by atoms with E-state index < -0.39 is 24.5 Å². The van der Waals surface area contributed by atoms with Crippen molar-refractivity contribution in [1.29, 1.82) is 0 Å². The monoisotopic (exact) mass is 275 g/mol. The lowest BCUT2D eigenvalue weighted by atomic mass is 10.1. The molecular formula is C12H16F3N3O. The van der Waals surface area contributed by atoms with Gasteiger partial charge in [0.25, 0.3) is 5.91 Å². The van der Waals surface area contributed by atoms with Crippen molar-refractivity contribution in [2.45, 2.75) is 32.5 Å². The first-order valence-electron chi connectivity index (χ1n) is 5.68. The van der Waals surface area contributed by atoms with Crippen LogP contribution in [-0.2, 0) is 0 Å². The van der Waals surface area contributed by atoms with Crippen LogP contribution < -0.4 is 16.6 Å². The van der Waals surface area contributed by atoms with Crippen molar-refractivity contribution in [3.05, 3.63) is 29.3 Å². The van der Waals surface area contributed by atoms with Gasteiger partial charge in [-0.2, -0.15) is 13.2 Å². The molecule has 1 atom stereocenters. The van der Waals surface area contributed by atoms with Gasteiger partial charge in [-0.05, 0) is 26.0 Å². The molecular weight excluding hydrogens is 259 g/mol. The molecule has 0 aromatic heterocycles. The quantitative estimate of drug-likeness (QED) is 0.583. The fourth-order valence-electron chi connectivity index (χ4n) is 1.67. The van der Waals surface area contributed by atoms with E-state index >= 15 is 0 Å². The summed E-state index contributed by atoms with van der Waals surface area (Å²) in [5.41, 5.74) is 3.74. The van der Waals surface area contributed by atoms with Crippen molar-refractivity contribution in [2.75, 3.05) is 5.43 Å². The summed E-state index contributed by atoms with van der Waals surface area (Å²) in [5.74, 6) is 4.67. The van der Waals surface area contributed by atoms with Crippen LogP contribution in [0.25, 0.3) is 0 Å². The topological polar surface area (TPSA) is 67.1 Å². The molecule has 106 valence electrons. The number of halogens is 3. The molecule has 0 aliphatic heterocycles. The number of hydrogen-bond donors (Lipinski definition) is 3. The molecule has 19 heavy (non-hydrogen) atoms. The summed E-state index contributed by atoms with van der Waals surface area (Å²) in [4.78, 5) is 11.9. The highest BCUT2D eigenvalue weighted by molar-refractivity contribution is 5.99. The fourth-order valence-corrected chi connectivity index (χ4v) is 1.67. The molecule has 1 unspecified atom stereocenters. The van der Waals surface area contributed by atoms with Crippen LogP contribution in [0.4, 0.5) is 18.9 Å². The highest BCUT2D eigenvalue weighted by Crippen LogP contribution is 2.22. The van der Waals surface area contributed by atoms with Gasteiger partial charge in [0.1, 0.15) is 0 Å². The van der Waals surface area contributed by atoms with Crippen molar-refractivity contribution >= 4 is 11.6 Å². The van der Waals surface area contributed by atoms with E-state index in [1.807, 2.05) is 0 Å². The molecule has 1 rings (SSSR count). The van der Waals surface area contributed by atoms with E-state index in [1.165, 1.54) is 6.92 Å². The SMILES string of the molecule is Cc1ccc(NN)c(C(=O)NC(C)CC(F)(F)F)c1. The summed E-state index contributed by atoms with van der Waals surface area (Å²) in [6.07, 6.45) is -5.38. The Morgan fingerprint density at radius 3 is 2.58 bits per heavy atom. The van der Waals surface area contributed by atoms with Crippen molar-refractivity contribution in [2.24, 2.45) is 5.84 Å². The van der Waals surface area contributed by atoms with Gasteiger partial charge < -0.3 is 10.7 Å². The first kappa shape index (κ1) is 15.3. The molecule has 0 aliphatic carbocycles. The Balaban J connectivity index is 2.81. The predicted octanol–water partition coefficient (Wildman–Crippen LogP) is 2.35. The minimum atomic E-state index is -4.31. The minimum Gasteiger partial charge on any atom is -0.349 e. The van der Waals surface area contributed by atoms with Gasteiger partial charge in [0.05, 0.1) is 17.7 Å². The van der Waals surface area contributed by atoms with Crippen molar-refractivity contribution in [3.63, 3.8) is 0 Å². The van der Waals surface area contributed by atoms with E-state index in [9.17, 15) is 18.0 Å².